The van der Waals surface area contributed by atoms with E-state index in [9.17, 15) is 0 Å². The van der Waals surface area contributed by atoms with Crippen LogP contribution in [0.2, 0.25) is 0 Å². The van der Waals surface area contributed by atoms with Crippen LogP contribution in [0.15, 0.2) is 0 Å². The molecule has 1 aliphatic rings. The molecule has 4 nitrogen and oxygen atoms in total. The molecule has 1 saturated heterocycles. The Labute approximate surface area is 106 Å². The van der Waals surface area contributed by atoms with Crippen LogP contribution in [0.25, 0.3) is 0 Å². The van der Waals surface area contributed by atoms with Crippen molar-refractivity contribution in [2.45, 2.75) is 19.8 Å². The topological polar surface area (TPSA) is 24.9 Å². The van der Waals surface area contributed by atoms with Gasteiger partial charge in [-0.25, -0.2) is 0 Å². The van der Waals surface area contributed by atoms with E-state index >= 15 is 0 Å². The third-order valence-electron chi connectivity index (χ3n) is 3.35. The molecule has 0 aromatic rings. The fourth-order valence-corrected chi connectivity index (χ4v) is 2.08. The molecule has 0 spiro atoms. The summed E-state index contributed by atoms with van der Waals surface area (Å²) in [6, 6.07) is 0. The fraction of sp³-hybridized carbons (Fsp3) is 1.00. The van der Waals surface area contributed by atoms with Gasteiger partial charge in [-0.05, 0) is 19.4 Å². The van der Waals surface area contributed by atoms with Crippen molar-refractivity contribution in [3.63, 3.8) is 0 Å². The molecular weight excluding hydrogens is 216 g/mol. The highest BCUT2D eigenvalue weighted by Crippen LogP contribution is 2.00. The van der Waals surface area contributed by atoms with Crippen LogP contribution in [-0.2, 0) is 9.47 Å². The first kappa shape index (κ1) is 14.9. The maximum absolute atomic E-state index is 5.63. The molecule has 1 heterocycles. The Kier molecular flexibility index (Phi) is 8.61. The number of ether oxygens (including phenoxy) is 2. The van der Waals surface area contributed by atoms with E-state index in [1.807, 2.05) is 0 Å². The minimum Gasteiger partial charge on any atom is -0.385 e. The number of rotatable bonds is 9. The van der Waals surface area contributed by atoms with Crippen LogP contribution in [0.5, 0.6) is 0 Å². The van der Waals surface area contributed by atoms with Crippen molar-refractivity contribution in [1.82, 2.24) is 9.80 Å². The van der Waals surface area contributed by atoms with Crippen molar-refractivity contribution in [3.05, 3.63) is 0 Å². The van der Waals surface area contributed by atoms with Gasteiger partial charge in [0, 0.05) is 53.0 Å². The third-order valence-corrected chi connectivity index (χ3v) is 3.35. The van der Waals surface area contributed by atoms with Gasteiger partial charge in [0.25, 0.3) is 0 Å². The molecule has 0 radical (unpaired) electrons. The second-order valence-electron chi connectivity index (χ2n) is 4.59. The molecule has 17 heavy (non-hydrogen) atoms. The Hall–Kier alpha value is -0.160. The molecule has 4 heteroatoms. The molecule has 1 fully saturated rings. The second-order valence-corrected chi connectivity index (χ2v) is 4.59. The SMILES string of the molecule is CCN1CCN(CCOCCCCOC)CC1. The lowest BCUT2D eigenvalue weighted by Gasteiger charge is -2.33. The number of unbranched alkanes of at least 4 members (excludes halogenated alkanes) is 1. The van der Waals surface area contributed by atoms with Gasteiger partial charge in [-0.2, -0.15) is 0 Å². The van der Waals surface area contributed by atoms with E-state index < -0.39 is 0 Å². The van der Waals surface area contributed by atoms with Gasteiger partial charge in [0.2, 0.25) is 0 Å². The molecule has 0 aromatic carbocycles. The number of piperazine rings is 1. The minimum absolute atomic E-state index is 0.850. The Morgan fingerprint density at radius 1 is 0.882 bits per heavy atom. The zero-order valence-corrected chi connectivity index (χ0v) is 11.5. The van der Waals surface area contributed by atoms with Gasteiger partial charge in [0.15, 0.2) is 0 Å². The van der Waals surface area contributed by atoms with Crippen molar-refractivity contribution in [1.29, 1.82) is 0 Å². The molecule has 0 aliphatic carbocycles. The van der Waals surface area contributed by atoms with E-state index in [0.29, 0.717) is 0 Å². The number of methoxy groups -OCH3 is 1. The summed E-state index contributed by atoms with van der Waals surface area (Å²) < 4.78 is 10.6. The quantitative estimate of drug-likeness (QED) is 0.566. The lowest BCUT2D eigenvalue weighted by Crippen LogP contribution is -2.47. The van der Waals surface area contributed by atoms with Crippen molar-refractivity contribution >= 4 is 0 Å². The van der Waals surface area contributed by atoms with Gasteiger partial charge in [0.1, 0.15) is 0 Å². The monoisotopic (exact) mass is 244 g/mol. The number of hydrogen-bond donors (Lipinski definition) is 0. The maximum atomic E-state index is 5.63. The van der Waals surface area contributed by atoms with Gasteiger partial charge < -0.3 is 14.4 Å². The van der Waals surface area contributed by atoms with E-state index in [4.69, 9.17) is 9.47 Å². The molecule has 0 N–H and O–H groups in total. The van der Waals surface area contributed by atoms with Crippen molar-refractivity contribution in [2.75, 3.05) is 66.2 Å². The van der Waals surface area contributed by atoms with Crippen LogP contribution < -0.4 is 0 Å². The van der Waals surface area contributed by atoms with Crippen LogP contribution in [0, 0.1) is 0 Å². The van der Waals surface area contributed by atoms with Crippen LogP contribution in [0.3, 0.4) is 0 Å². The van der Waals surface area contributed by atoms with Crippen molar-refractivity contribution in [3.8, 4) is 0 Å². The number of nitrogens with zero attached hydrogens (tertiary/aromatic N) is 2. The van der Waals surface area contributed by atoms with E-state index in [2.05, 4.69) is 16.7 Å². The van der Waals surface area contributed by atoms with E-state index in [1.165, 1.54) is 32.7 Å². The normalized spacial score (nSPS) is 18.7. The van der Waals surface area contributed by atoms with Gasteiger partial charge >= 0.3 is 0 Å². The first-order chi connectivity index (χ1) is 8.36. The van der Waals surface area contributed by atoms with Crippen molar-refractivity contribution < 1.29 is 9.47 Å². The fourth-order valence-electron chi connectivity index (χ4n) is 2.08. The molecule has 0 bridgehead atoms. The molecule has 102 valence electrons. The summed E-state index contributed by atoms with van der Waals surface area (Å²) in [6.45, 7) is 11.9. The summed E-state index contributed by atoms with van der Waals surface area (Å²) in [4.78, 5) is 5.00. The number of likely N-dealkylation sites (N-methyl/N-ethyl adjacent to an activating group) is 1. The molecule has 1 rings (SSSR count). The first-order valence-corrected chi connectivity index (χ1v) is 6.88. The van der Waals surface area contributed by atoms with Crippen molar-refractivity contribution in [2.24, 2.45) is 0 Å². The van der Waals surface area contributed by atoms with Crippen LogP contribution in [0.4, 0.5) is 0 Å². The summed E-state index contributed by atoms with van der Waals surface area (Å²) in [5.41, 5.74) is 0. The van der Waals surface area contributed by atoms with E-state index in [1.54, 1.807) is 7.11 Å². The second kappa shape index (κ2) is 9.83. The maximum Gasteiger partial charge on any atom is 0.0593 e. The molecule has 0 aromatic heterocycles. The largest absolute Gasteiger partial charge is 0.385 e. The van der Waals surface area contributed by atoms with Crippen LogP contribution in [-0.4, -0.2) is 76.0 Å². The Balaban J connectivity index is 1.87. The summed E-state index contributed by atoms with van der Waals surface area (Å²) >= 11 is 0. The third kappa shape index (κ3) is 6.99. The minimum atomic E-state index is 0.850. The van der Waals surface area contributed by atoms with E-state index in [-0.39, 0.29) is 0 Å². The standard InChI is InChI=1S/C13H28N2O2/c1-3-14-6-8-15(9-7-14)10-13-17-12-5-4-11-16-2/h3-13H2,1-2H3. The lowest BCUT2D eigenvalue weighted by atomic mass is 10.3. The Morgan fingerprint density at radius 2 is 1.53 bits per heavy atom. The van der Waals surface area contributed by atoms with Gasteiger partial charge in [-0.3, -0.25) is 4.90 Å². The Bertz CT molecular complexity index is 171. The van der Waals surface area contributed by atoms with Gasteiger partial charge in [-0.1, -0.05) is 6.92 Å². The van der Waals surface area contributed by atoms with Crippen LogP contribution in [0.1, 0.15) is 19.8 Å². The predicted octanol–water partition coefficient (Wildman–Crippen LogP) is 1.07. The zero-order chi connectivity index (χ0) is 12.3. The average molecular weight is 244 g/mol. The lowest BCUT2D eigenvalue weighted by molar-refractivity contribution is 0.0726. The summed E-state index contributed by atoms with van der Waals surface area (Å²) in [6.07, 6.45) is 2.21. The summed E-state index contributed by atoms with van der Waals surface area (Å²) in [5, 5.41) is 0. The highest BCUT2D eigenvalue weighted by molar-refractivity contribution is 4.70. The van der Waals surface area contributed by atoms with Gasteiger partial charge in [0.05, 0.1) is 6.61 Å². The summed E-state index contributed by atoms with van der Waals surface area (Å²) in [5.74, 6) is 0. The molecule has 1 aliphatic heterocycles. The number of hydrogen-bond acceptors (Lipinski definition) is 4. The molecule has 0 atom stereocenters. The van der Waals surface area contributed by atoms with Gasteiger partial charge in [-0.15, -0.1) is 0 Å². The zero-order valence-electron chi connectivity index (χ0n) is 11.5. The Morgan fingerprint density at radius 3 is 2.18 bits per heavy atom. The molecule has 0 amide bonds. The average Bonchev–Trinajstić information content (AvgIpc) is 2.38. The highest BCUT2D eigenvalue weighted by atomic mass is 16.5. The highest BCUT2D eigenvalue weighted by Gasteiger charge is 2.14. The predicted molar refractivity (Wildman–Crippen MR) is 70.5 cm³/mol. The smallest absolute Gasteiger partial charge is 0.0593 e. The molecule has 0 unspecified atom stereocenters. The summed E-state index contributed by atoms with van der Waals surface area (Å²) in [7, 11) is 1.75. The first-order valence-electron chi connectivity index (χ1n) is 6.88. The van der Waals surface area contributed by atoms with E-state index in [0.717, 1.165) is 39.2 Å². The van der Waals surface area contributed by atoms with Crippen LogP contribution >= 0.6 is 0 Å². The molecule has 0 saturated carbocycles. The molecular formula is C13H28N2O2.